The van der Waals surface area contributed by atoms with Crippen molar-refractivity contribution in [2.75, 3.05) is 13.1 Å². The van der Waals surface area contributed by atoms with Gasteiger partial charge in [0, 0.05) is 19.5 Å². The second kappa shape index (κ2) is 11.2. The molecule has 9 heteroatoms. The molecular formula is C17H25IN4O3S. The minimum atomic E-state index is -3.67. The van der Waals surface area contributed by atoms with Gasteiger partial charge in [0.1, 0.15) is 5.76 Å². The highest BCUT2D eigenvalue weighted by Crippen LogP contribution is 2.09. The molecule has 0 amide bonds. The highest BCUT2D eigenvalue weighted by Gasteiger charge is 2.06. The molecule has 0 aliphatic carbocycles. The van der Waals surface area contributed by atoms with Crippen molar-refractivity contribution in [3.63, 3.8) is 0 Å². The number of rotatable bonds is 8. The lowest BCUT2D eigenvalue weighted by atomic mass is 10.2. The molecule has 144 valence electrons. The Morgan fingerprint density at radius 3 is 2.42 bits per heavy atom. The summed E-state index contributed by atoms with van der Waals surface area (Å²) in [5, 5.41) is 11.6. The highest BCUT2D eigenvalue weighted by atomic mass is 127. The number of primary sulfonamides is 1. The molecule has 0 fully saturated rings. The number of nitrogens with zero attached hydrogens (tertiary/aromatic N) is 1. The van der Waals surface area contributed by atoms with E-state index in [1.54, 1.807) is 18.4 Å². The van der Waals surface area contributed by atoms with Gasteiger partial charge < -0.3 is 15.1 Å². The van der Waals surface area contributed by atoms with Gasteiger partial charge in [-0.1, -0.05) is 19.1 Å². The molecule has 4 N–H and O–H groups in total. The maximum atomic E-state index is 11.3. The van der Waals surface area contributed by atoms with E-state index in [1.165, 1.54) is 12.1 Å². The molecule has 0 saturated carbocycles. The molecule has 0 aliphatic heterocycles. The fourth-order valence-electron chi connectivity index (χ4n) is 2.13. The number of hydrogen-bond acceptors (Lipinski definition) is 4. The maximum Gasteiger partial charge on any atom is 0.238 e. The lowest BCUT2D eigenvalue weighted by molar-refractivity contribution is 0.506. The Hall–Kier alpha value is -1.59. The average Bonchev–Trinajstić information content (AvgIpc) is 3.10. The lowest BCUT2D eigenvalue weighted by Gasteiger charge is -2.11. The van der Waals surface area contributed by atoms with Gasteiger partial charge in [-0.25, -0.2) is 18.5 Å². The zero-order valence-corrected chi connectivity index (χ0v) is 17.8. The predicted molar refractivity (Wildman–Crippen MR) is 113 cm³/mol. The molecule has 0 unspecified atom stereocenters. The number of nitrogens with one attached hydrogen (secondary N) is 2. The van der Waals surface area contributed by atoms with Gasteiger partial charge in [-0.2, -0.15) is 0 Å². The van der Waals surface area contributed by atoms with Crippen LogP contribution in [0.15, 0.2) is 57.0 Å². The van der Waals surface area contributed by atoms with Crippen LogP contribution in [-0.2, 0) is 23.0 Å². The lowest BCUT2D eigenvalue weighted by Crippen LogP contribution is -2.38. The van der Waals surface area contributed by atoms with Crippen LogP contribution in [-0.4, -0.2) is 27.5 Å². The van der Waals surface area contributed by atoms with Crippen LogP contribution >= 0.6 is 24.0 Å². The summed E-state index contributed by atoms with van der Waals surface area (Å²) in [6.07, 6.45) is 3.41. The number of hydrogen-bond donors (Lipinski definition) is 3. The standard InChI is InChI=1S/C17H24N4O3S.HI/c1-2-10-19-17(20-11-9-15-4-3-12-24-15)21-13-14-5-7-16(8-6-14)25(18,22)23;/h3-8,12H,2,9-11,13H2,1H3,(H2,18,22,23)(H2,19,20,21);1H. The molecule has 0 bridgehead atoms. The first-order chi connectivity index (χ1) is 12.0. The van der Waals surface area contributed by atoms with E-state index in [1.807, 2.05) is 12.1 Å². The Labute approximate surface area is 171 Å². The molecule has 2 rings (SSSR count). The first kappa shape index (κ1) is 22.5. The predicted octanol–water partition coefficient (Wildman–Crippen LogP) is 2.23. The smallest absolute Gasteiger partial charge is 0.238 e. The average molecular weight is 492 g/mol. The van der Waals surface area contributed by atoms with E-state index in [4.69, 9.17) is 9.56 Å². The monoisotopic (exact) mass is 492 g/mol. The third-order valence-corrected chi connectivity index (χ3v) is 4.39. The molecule has 7 nitrogen and oxygen atoms in total. The molecule has 0 saturated heterocycles. The third kappa shape index (κ3) is 7.75. The SMILES string of the molecule is CCCNC(=NCc1ccc(S(N)(=O)=O)cc1)NCCc1ccco1.I. The van der Waals surface area contributed by atoms with E-state index in [-0.39, 0.29) is 28.9 Å². The second-order valence-corrected chi connectivity index (χ2v) is 7.10. The summed E-state index contributed by atoms with van der Waals surface area (Å²) in [4.78, 5) is 4.62. The molecule has 1 heterocycles. The van der Waals surface area contributed by atoms with Crippen molar-refractivity contribution in [3.05, 3.63) is 54.0 Å². The number of benzene rings is 1. The Morgan fingerprint density at radius 2 is 1.85 bits per heavy atom. The van der Waals surface area contributed by atoms with E-state index < -0.39 is 10.0 Å². The number of nitrogens with two attached hydrogens (primary N) is 1. The summed E-state index contributed by atoms with van der Waals surface area (Å²) in [6.45, 7) is 4.04. The van der Waals surface area contributed by atoms with E-state index in [9.17, 15) is 8.42 Å². The summed E-state index contributed by atoms with van der Waals surface area (Å²) in [5.41, 5.74) is 0.899. The summed E-state index contributed by atoms with van der Waals surface area (Å²) in [7, 11) is -3.67. The van der Waals surface area contributed by atoms with Crippen LogP contribution in [0.5, 0.6) is 0 Å². The minimum absolute atomic E-state index is 0. The van der Waals surface area contributed by atoms with Crippen LogP contribution in [0.25, 0.3) is 0 Å². The molecule has 0 atom stereocenters. The van der Waals surface area contributed by atoms with Gasteiger partial charge in [-0.15, -0.1) is 24.0 Å². The van der Waals surface area contributed by atoms with Crippen molar-refractivity contribution < 1.29 is 12.8 Å². The van der Waals surface area contributed by atoms with Gasteiger partial charge in [0.05, 0.1) is 17.7 Å². The largest absolute Gasteiger partial charge is 0.469 e. The summed E-state index contributed by atoms with van der Waals surface area (Å²) in [6, 6.07) is 10.2. The number of aliphatic imine (C=N–C) groups is 1. The van der Waals surface area contributed by atoms with Crippen molar-refractivity contribution in [1.29, 1.82) is 0 Å². The highest BCUT2D eigenvalue weighted by molar-refractivity contribution is 14.0. The minimum Gasteiger partial charge on any atom is -0.469 e. The van der Waals surface area contributed by atoms with Gasteiger partial charge in [0.15, 0.2) is 5.96 Å². The zero-order valence-electron chi connectivity index (χ0n) is 14.6. The molecule has 2 aromatic rings. The fraction of sp³-hybridized carbons (Fsp3) is 0.353. The Balaban J connectivity index is 0.00000338. The van der Waals surface area contributed by atoms with Gasteiger partial charge >= 0.3 is 0 Å². The molecule has 1 aromatic carbocycles. The van der Waals surface area contributed by atoms with Crippen LogP contribution in [0.4, 0.5) is 0 Å². The Bertz CT molecular complexity index is 775. The van der Waals surface area contributed by atoms with E-state index in [0.717, 1.165) is 30.7 Å². The van der Waals surface area contributed by atoms with Crippen LogP contribution in [0.2, 0.25) is 0 Å². The Kier molecular flexibility index (Phi) is 9.66. The van der Waals surface area contributed by atoms with Crippen molar-refractivity contribution in [2.24, 2.45) is 10.1 Å². The van der Waals surface area contributed by atoms with Crippen molar-refractivity contribution in [3.8, 4) is 0 Å². The topological polar surface area (TPSA) is 110 Å². The summed E-state index contributed by atoms with van der Waals surface area (Å²) < 4.78 is 27.8. The number of guanidine groups is 1. The van der Waals surface area contributed by atoms with Crippen molar-refractivity contribution in [1.82, 2.24) is 10.6 Å². The van der Waals surface area contributed by atoms with Crippen molar-refractivity contribution >= 4 is 40.0 Å². The van der Waals surface area contributed by atoms with Gasteiger partial charge in [0.25, 0.3) is 0 Å². The van der Waals surface area contributed by atoms with Crippen LogP contribution in [0, 0.1) is 0 Å². The van der Waals surface area contributed by atoms with E-state index in [2.05, 4.69) is 22.5 Å². The Morgan fingerprint density at radius 1 is 1.15 bits per heavy atom. The van der Waals surface area contributed by atoms with Gasteiger partial charge in [-0.05, 0) is 36.2 Å². The van der Waals surface area contributed by atoms with E-state index in [0.29, 0.717) is 19.0 Å². The molecule has 0 spiro atoms. The second-order valence-electron chi connectivity index (χ2n) is 5.54. The third-order valence-electron chi connectivity index (χ3n) is 3.46. The molecule has 1 aromatic heterocycles. The van der Waals surface area contributed by atoms with Crippen molar-refractivity contribution in [2.45, 2.75) is 31.2 Å². The molecular weight excluding hydrogens is 467 g/mol. The first-order valence-corrected chi connectivity index (χ1v) is 9.70. The molecule has 26 heavy (non-hydrogen) atoms. The normalized spacial score (nSPS) is 11.7. The number of sulfonamides is 1. The van der Waals surface area contributed by atoms with E-state index >= 15 is 0 Å². The summed E-state index contributed by atoms with van der Waals surface area (Å²) >= 11 is 0. The fourth-order valence-corrected chi connectivity index (χ4v) is 2.65. The van der Waals surface area contributed by atoms with Gasteiger partial charge in [-0.3, -0.25) is 0 Å². The summed E-state index contributed by atoms with van der Waals surface area (Å²) in [5.74, 6) is 1.63. The molecule has 0 radical (unpaired) electrons. The van der Waals surface area contributed by atoms with Crippen LogP contribution in [0.3, 0.4) is 0 Å². The quantitative estimate of drug-likeness (QED) is 0.298. The van der Waals surface area contributed by atoms with Crippen LogP contribution < -0.4 is 15.8 Å². The van der Waals surface area contributed by atoms with Crippen LogP contribution in [0.1, 0.15) is 24.7 Å². The zero-order chi connectivity index (χ0) is 18.1. The number of furan rings is 1. The first-order valence-electron chi connectivity index (χ1n) is 8.15. The molecule has 0 aliphatic rings. The number of halogens is 1. The maximum absolute atomic E-state index is 11.3. The van der Waals surface area contributed by atoms with Gasteiger partial charge in [0.2, 0.25) is 10.0 Å².